The van der Waals surface area contributed by atoms with Crippen LogP contribution in [0.3, 0.4) is 0 Å². The van der Waals surface area contributed by atoms with Gasteiger partial charge in [-0.2, -0.15) is 4.98 Å². The second-order valence-electron chi connectivity index (χ2n) is 4.90. The van der Waals surface area contributed by atoms with Crippen LogP contribution in [0.1, 0.15) is 5.82 Å². The summed E-state index contributed by atoms with van der Waals surface area (Å²) in [7, 11) is 0. The maximum absolute atomic E-state index is 5.94. The Bertz CT molecular complexity index is 998. The van der Waals surface area contributed by atoms with E-state index in [1.54, 1.807) is 30.3 Å². The molecule has 0 N–H and O–H groups in total. The number of aromatic nitrogens is 3. The van der Waals surface area contributed by atoms with Gasteiger partial charge in [-0.3, -0.25) is 0 Å². The molecule has 120 valence electrons. The highest BCUT2D eigenvalue weighted by Crippen LogP contribution is 2.28. The van der Waals surface area contributed by atoms with E-state index in [0.717, 1.165) is 11.1 Å². The fourth-order valence-corrected chi connectivity index (χ4v) is 3.06. The zero-order chi connectivity index (χ0) is 16.5. The first-order valence-electron chi connectivity index (χ1n) is 6.95. The molecule has 0 amide bonds. The highest BCUT2D eigenvalue weighted by Gasteiger charge is 2.12. The Morgan fingerprint density at radius 3 is 2.58 bits per heavy atom. The van der Waals surface area contributed by atoms with Crippen LogP contribution in [-0.4, -0.2) is 15.1 Å². The number of hydrogen-bond acceptors (Lipinski definition) is 6. The molecule has 0 atom stereocenters. The Morgan fingerprint density at radius 1 is 0.958 bits per heavy atom. The molecule has 2 aromatic heterocycles. The fraction of sp³-hybridized carbons (Fsp3) is 0.0625. The van der Waals surface area contributed by atoms with Crippen LogP contribution >= 0.6 is 35.0 Å². The molecule has 0 spiro atoms. The summed E-state index contributed by atoms with van der Waals surface area (Å²) in [6.45, 7) is 0. The second-order valence-corrected chi connectivity index (χ2v) is 6.70. The highest BCUT2D eigenvalue weighted by atomic mass is 35.5. The molecule has 0 aliphatic rings. The van der Waals surface area contributed by atoms with Crippen molar-refractivity contribution in [2.24, 2.45) is 0 Å². The van der Waals surface area contributed by atoms with Gasteiger partial charge in [0.2, 0.25) is 0 Å². The number of rotatable bonds is 4. The third kappa shape index (κ3) is 3.26. The lowest BCUT2D eigenvalue weighted by Gasteiger charge is -1.93. The standard InChI is InChI=1S/C16H9Cl2N3O2S/c17-10-3-1-9(2-4-10)15-20-14(21-23-15)8-24-16-19-12-7-11(18)5-6-13(12)22-16/h1-7H,8H2. The topological polar surface area (TPSA) is 65.0 Å². The van der Waals surface area contributed by atoms with Crippen molar-refractivity contribution in [3.05, 3.63) is 58.3 Å². The Labute approximate surface area is 151 Å². The Morgan fingerprint density at radius 2 is 1.75 bits per heavy atom. The molecule has 4 rings (SSSR count). The van der Waals surface area contributed by atoms with Gasteiger partial charge in [-0.1, -0.05) is 40.1 Å². The van der Waals surface area contributed by atoms with Crippen LogP contribution in [0.25, 0.3) is 22.6 Å². The zero-order valence-corrected chi connectivity index (χ0v) is 14.4. The summed E-state index contributed by atoms with van der Waals surface area (Å²) in [5.74, 6) is 1.49. The van der Waals surface area contributed by atoms with Crippen LogP contribution in [0.2, 0.25) is 10.0 Å². The lowest BCUT2D eigenvalue weighted by Crippen LogP contribution is -1.84. The first kappa shape index (κ1) is 15.5. The Balaban J connectivity index is 1.48. The molecule has 0 saturated carbocycles. The number of thioether (sulfide) groups is 1. The third-order valence-corrected chi connectivity index (χ3v) is 4.53. The molecule has 4 aromatic rings. The highest BCUT2D eigenvalue weighted by molar-refractivity contribution is 7.98. The molecule has 8 heteroatoms. The first-order chi connectivity index (χ1) is 11.7. The predicted octanol–water partition coefficient (Wildman–Crippen LogP) is 5.48. The van der Waals surface area contributed by atoms with Gasteiger partial charge in [0.05, 0.1) is 5.75 Å². The maximum Gasteiger partial charge on any atom is 0.257 e. The number of halogens is 2. The van der Waals surface area contributed by atoms with Crippen molar-refractivity contribution in [1.29, 1.82) is 0 Å². The van der Waals surface area contributed by atoms with Gasteiger partial charge in [-0.05, 0) is 42.5 Å². The van der Waals surface area contributed by atoms with Gasteiger partial charge >= 0.3 is 0 Å². The summed E-state index contributed by atoms with van der Waals surface area (Å²) in [4.78, 5) is 8.74. The molecule has 2 aromatic carbocycles. The van der Waals surface area contributed by atoms with Crippen LogP contribution in [-0.2, 0) is 5.75 Å². The fourth-order valence-electron chi connectivity index (χ4n) is 2.09. The van der Waals surface area contributed by atoms with E-state index in [1.807, 2.05) is 12.1 Å². The van der Waals surface area contributed by atoms with E-state index in [4.69, 9.17) is 32.1 Å². The molecule has 0 unspecified atom stereocenters. The number of hydrogen-bond donors (Lipinski definition) is 0. The van der Waals surface area contributed by atoms with Gasteiger partial charge in [-0.15, -0.1) is 0 Å². The van der Waals surface area contributed by atoms with Crippen molar-refractivity contribution >= 4 is 46.1 Å². The molecule has 0 fully saturated rings. The van der Waals surface area contributed by atoms with Gasteiger partial charge in [-0.25, -0.2) is 4.98 Å². The smallest absolute Gasteiger partial charge is 0.257 e. The Hall–Kier alpha value is -2.02. The molecular weight excluding hydrogens is 369 g/mol. The molecule has 0 aliphatic heterocycles. The van der Waals surface area contributed by atoms with Gasteiger partial charge in [0.25, 0.3) is 11.1 Å². The summed E-state index contributed by atoms with van der Waals surface area (Å²) >= 11 is 13.2. The van der Waals surface area contributed by atoms with E-state index in [1.165, 1.54) is 11.8 Å². The van der Waals surface area contributed by atoms with Crippen LogP contribution < -0.4 is 0 Å². The molecule has 5 nitrogen and oxygen atoms in total. The Kier molecular flexibility index (Phi) is 4.18. The summed E-state index contributed by atoms with van der Waals surface area (Å²) in [5.41, 5.74) is 2.23. The van der Waals surface area contributed by atoms with Crippen LogP contribution in [0, 0.1) is 0 Å². The van der Waals surface area contributed by atoms with Gasteiger partial charge < -0.3 is 8.94 Å². The number of nitrogens with zero attached hydrogens (tertiary/aromatic N) is 3. The van der Waals surface area contributed by atoms with E-state index >= 15 is 0 Å². The van der Waals surface area contributed by atoms with E-state index < -0.39 is 0 Å². The lowest BCUT2D eigenvalue weighted by atomic mass is 10.2. The lowest BCUT2D eigenvalue weighted by molar-refractivity contribution is 0.425. The molecule has 0 saturated heterocycles. The van der Waals surface area contributed by atoms with Gasteiger partial charge in [0.15, 0.2) is 11.4 Å². The molecular formula is C16H9Cl2N3O2S. The molecule has 2 heterocycles. The average molecular weight is 378 g/mol. The zero-order valence-electron chi connectivity index (χ0n) is 12.1. The molecule has 0 bridgehead atoms. The first-order valence-corrected chi connectivity index (χ1v) is 8.69. The second kappa shape index (κ2) is 6.47. The summed E-state index contributed by atoms with van der Waals surface area (Å²) < 4.78 is 10.9. The van der Waals surface area contributed by atoms with Crippen molar-refractivity contribution < 1.29 is 8.94 Å². The van der Waals surface area contributed by atoms with Gasteiger partial charge in [0.1, 0.15) is 5.52 Å². The molecule has 24 heavy (non-hydrogen) atoms. The predicted molar refractivity (Wildman–Crippen MR) is 93.3 cm³/mol. The molecule has 0 radical (unpaired) electrons. The van der Waals surface area contributed by atoms with E-state index in [9.17, 15) is 0 Å². The summed E-state index contributed by atoms with van der Waals surface area (Å²) in [5, 5.41) is 5.78. The van der Waals surface area contributed by atoms with Crippen LogP contribution in [0.5, 0.6) is 0 Å². The van der Waals surface area contributed by atoms with Gasteiger partial charge in [0, 0.05) is 15.6 Å². The summed E-state index contributed by atoms with van der Waals surface area (Å²) in [6, 6.07) is 12.5. The third-order valence-electron chi connectivity index (χ3n) is 3.21. The monoisotopic (exact) mass is 377 g/mol. The van der Waals surface area contributed by atoms with Crippen molar-refractivity contribution in [2.45, 2.75) is 11.0 Å². The van der Waals surface area contributed by atoms with Crippen molar-refractivity contribution in [3.63, 3.8) is 0 Å². The maximum atomic E-state index is 5.94. The number of fused-ring (bicyclic) bond motifs is 1. The minimum atomic E-state index is 0.451. The summed E-state index contributed by atoms with van der Waals surface area (Å²) in [6.07, 6.45) is 0. The number of oxazole rings is 1. The van der Waals surface area contributed by atoms with Crippen molar-refractivity contribution in [3.8, 4) is 11.5 Å². The number of benzene rings is 2. The largest absolute Gasteiger partial charge is 0.431 e. The minimum Gasteiger partial charge on any atom is -0.431 e. The van der Waals surface area contributed by atoms with Crippen LogP contribution in [0.15, 0.2) is 56.6 Å². The van der Waals surface area contributed by atoms with Crippen molar-refractivity contribution in [1.82, 2.24) is 15.1 Å². The van der Waals surface area contributed by atoms with Crippen molar-refractivity contribution in [2.75, 3.05) is 0 Å². The molecule has 0 aliphatic carbocycles. The van der Waals surface area contributed by atoms with E-state index in [-0.39, 0.29) is 0 Å². The normalized spacial score (nSPS) is 11.2. The van der Waals surface area contributed by atoms with E-state index in [2.05, 4.69) is 15.1 Å². The van der Waals surface area contributed by atoms with Crippen LogP contribution in [0.4, 0.5) is 0 Å². The minimum absolute atomic E-state index is 0.451. The quantitative estimate of drug-likeness (QED) is 0.439. The SMILES string of the molecule is Clc1ccc(-c2nc(CSc3nc4cc(Cl)ccc4o3)no2)cc1. The average Bonchev–Trinajstić information content (AvgIpc) is 3.19. The van der Waals surface area contributed by atoms with E-state index in [0.29, 0.717) is 38.3 Å².